The first-order valence-electron chi connectivity index (χ1n) is 9.88. The number of nitrogens with one attached hydrogen (secondary N) is 1. The summed E-state index contributed by atoms with van der Waals surface area (Å²) in [7, 11) is 0. The molecule has 0 saturated heterocycles. The van der Waals surface area contributed by atoms with Gasteiger partial charge in [0.25, 0.3) is 24.1 Å². The van der Waals surface area contributed by atoms with Crippen LogP contribution in [-0.4, -0.2) is 44.8 Å². The van der Waals surface area contributed by atoms with Gasteiger partial charge in [0.05, 0.1) is 18.1 Å². The van der Waals surface area contributed by atoms with Crippen LogP contribution in [0.25, 0.3) is 5.65 Å². The summed E-state index contributed by atoms with van der Waals surface area (Å²) in [5, 5.41) is 2.61. The maximum atomic E-state index is 13.5. The zero-order valence-corrected chi connectivity index (χ0v) is 17.5. The number of carbonyl (C=O) groups excluding carboxylic acids is 1. The lowest BCUT2D eigenvalue weighted by atomic mass is 9.75. The van der Waals surface area contributed by atoms with Gasteiger partial charge in [0.1, 0.15) is 29.5 Å². The van der Waals surface area contributed by atoms with Crippen molar-refractivity contribution in [2.45, 2.75) is 44.6 Å². The van der Waals surface area contributed by atoms with Crippen molar-refractivity contribution in [3.63, 3.8) is 0 Å². The number of halogens is 5. The number of fused-ring (bicyclic) bond motifs is 1. The molecule has 1 fully saturated rings. The van der Waals surface area contributed by atoms with Gasteiger partial charge in [-0.15, -0.1) is 0 Å². The van der Waals surface area contributed by atoms with Gasteiger partial charge in [-0.2, -0.15) is 0 Å². The molecule has 176 valence electrons. The summed E-state index contributed by atoms with van der Waals surface area (Å²) in [5.41, 5.74) is -0.149. The van der Waals surface area contributed by atoms with Gasteiger partial charge in [0.2, 0.25) is 0 Å². The Labute approximate surface area is 184 Å². The standard InChI is InChI=1S/C21H19F5N4O3/c1-11-17(18(31)29-20(2)9-21(25,26)10-20)28-16-4-3-13(7-30(11)16)33-19-14(32-8-15(23)24)5-12(22)6-27-19/h3-7,15H,8-10H2,1-2H3,(H,29,31). The highest BCUT2D eigenvalue weighted by molar-refractivity contribution is 5.95. The number of ether oxygens (including phenoxy) is 2. The van der Waals surface area contributed by atoms with E-state index in [-0.39, 0.29) is 23.1 Å². The zero-order chi connectivity index (χ0) is 24.0. The molecule has 1 amide bonds. The Morgan fingerprint density at radius 1 is 1.30 bits per heavy atom. The Hall–Kier alpha value is -3.44. The number of pyridine rings is 2. The van der Waals surface area contributed by atoms with E-state index < -0.39 is 49.1 Å². The molecule has 0 aromatic carbocycles. The summed E-state index contributed by atoms with van der Waals surface area (Å²) in [6, 6.07) is 3.89. The third-order valence-corrected chi connectivity index (χ3v) is 5.12. The summed E-state index contributed by atoms with van der Waals surface area (Å²) in [5.74, 6) is -4.52. The van der Waals surface area contributed by atoms with Gasteiger partial charge >= 0.3 is 0 Å². The van der Waals surface area contributed by atoms with Crippen molar-refractivity contribution >= 4 is 11.6 Å². The van der Waals surface area contributed by atoms with E-state index in [2.05, 4.69) is 15.3 Å². The molecule has 0 atom stereocenters. The molecule has 4 rings (SSSR count). The number of hydrogen-bond acceptors (Lipinski definition) is 5. The number of hydrogen-bond donors (Lipinski definition) is 1. The number of amides is 1. The van der Waals surface area contributed by atoms with Crippen LogP contribution < -0.4 is 14.8 Å². The summed E-state index contributed by atoms with van der Waals surface area (Å²) in [6.45, 7) is 2.19. The highest BCUT2D eigenvalue weighted by atomic mass is 19.3. The van der Waals surface area contributed by atoms with Crippen molar-refractivity contribution in [1.29, 1.82) is 0 Å². The zero-order valence-electron chi connectivity index (χ0n) is 17.5. The van der Waals surface area contributed by atoms with Crippen molar-refractivity contribution in [2.75, 3.05) is 6.61 Å². The van der Waals surface area contributed by atoms with E-state index in [1.54, 1.807) is 13.8 Å². The normalized spacial score (nSPS) is 16.5. The second-order valence-electron chi connectivity index (χ2n) is 8.12. The summed E-state index contributed by atoms with van der Waals surface area (Å²) in [6.07, 6.45) is -1.36. The van der Waals surface area contributed by atoms with Crippen molar-refractivity contribution in [3.8, 4) is 17.4 Å². The molecule has 12 heteroatoms. The second kappa shape index (κ2) is 8.16. The van der Waals surface area contributed by atoms with Gasteiger partial charge in [-0.05, 0) is 26.0 Å². The minimum absolute atomic E-state index is 0.0597. The maximum absolute atomic E-state index is 13.5. The predicted octanol–water partition coefficient (Wildman–Crippen LogP) is 4.53. The quantitative estimate of drug-likeness (QED) is 0.514. The van der Waals surface area contributed by atoms with Gasteiger partial charge in [-0.25, -0.2) is 31.9 Å². The van der Waals surface area contributed by atoms with Crippen LogP contribution in [0.5, 0.6) is 17.4 Å². The van der Waals surface area contributed by atoms with Crippen LogP contribution in [0.2, 0.25) is 0 Å². The molecule has 3 aromatic rings. The van der Waals surface area contributed by atoms with E-state index in [0.29, 0.717) is 11.3 Å². The molecule has 0 spiro atoms. The SMILES string of the molecule is Cc1c(C(=O)NC2(C)CC(F)(F)C2)nc2ccc(Oc3ncc(F)cc3OCC(F)F)cn12. The van der Waals surface area contributed by atoms with Crippen LogP contribution >= 0.6 is 0 Å². The smallest absolute Gasteiger partial charge is 0.272 e. The Balaban J connectivity index is 1.56. The number of nitrogens with zero attached hydrogens (tertiary/aromatic N) is 3. The third-order valence-electron chi connectivity index (χ3n) is 5.12. The predicted molar refractivity (Wildman–Crippen MR) is 106 cm³/mol. The number of aromatic nitrogens is 3. The van der Waals surface area contributed by atoms with Gasteiger partial charge in [0, 0.05) is 24.4 Å². The lowest BCUT2D eigenvalue weighted by Crippen LogP contribution is -2.60. The first kappa shape index (κ1) is 22.7. The molecular formula is C21H19F5N4O3. The fourth-order valence-electron chi connectivity index (χ4n) is 3.78. The average molecular weight is 470 g/mol. The molecule has 3 aromatic heterocycles. The van der Waals surface area contributed by atoms with E-state index in [1.807, 2.05) is 0 Å². The number of rotatable bonds is 7. The largest absolute Gasteiger partial charge is 0.482 e. The van der Waals surface area contributed by atoms with Gasteiger partial charge in [-0.1, -0.05) is 0 Å². The van der Waals surface area contributed by atoms with Gasteiger partial charge in [0.15, 0.2) is 5.75 Å². The monoisotopic (exact) mass is 470 g/mol. The molecule has 7 nitrogen and oxygen atoms in total. The molecule has 1 aliphatic rings. The van der Waals surface area contributed by atoms with Crippen molar-refractivity contribution in [1.82, 2.24) is 19.7 Å². The molecule has 0 unspecified atom stereocenters. The van der Waals surface area contributed by atoms with Crippen LogP contribution in [-0.2, 0) is 0 Å². The molecule has 1 saturated carbocycles. The topological polar surface area (TPSA) is 77.8 Å². The fraction of sp³-hybridized carbons (Fsp3) is 0.381. The first-order chi connectivity index (χ1) is 15.4. The van der Waals surface area contributed by atoms with Crippen molar-refractivity contribution in [3.05, 3.63) is 47.8 Å². The lowest BCUT2D eigenvalue weighted by molar-refractivity contribution is -0.124. The molecule has 0 bridgehead atoms. The van der Waals surface area contributed by atoms with Crippen LogP contribution in [0.15, 0.2) is 30.6 Å². The molecule has 1 aliphatic carbocycles. The second-order valence-corrected chi connectivity index (χ2v) is 8.12. The number of imidazole rings is 1. The number of aryl methyl sites for hydroxylation is 1. The van der Waals surface area contributed by atoms with Crippen molar-refractivity contribution in [2.24, 2.45) is 0 Å². The highest BCUT2D eigenvalue weighted by Crippen LogP contribution is 2.45. The molecule has 0 radical (unpaired) electrons. The summed E-state index contributed by atoms with van der Waals surface area (Å²) < 4.78 is 76.9. The number of carbonyl (C=O) groups is 1. The van der Waals surface area contributed by atoms with Gasteiger partial charge in [-0.3, -0.25) is 9.20 Å². The van der Waals surface area contributed by atoms with E-state index in [1.165, 1.54) is 22.7 Å². The molecular weight excluding hydrogens is 451 g/mol. The Bertz CT molecular complexity index is 1210. The average Bonchev–Trinajstić information content (AvgIpc) is 3.02. The van der Waals surface area contributed by atoms with E-state index in [4.69, 9.17) is 9.47 Å². The van der Waals surface area contributed by atoms with Crippen LogP contribution in [0, 0.1) is 12.7 Å². The Kier molecular flexibility index (Phi) is 5.62. The van der Waals surface area contributed by atoms with Gasteiger partial charge < -0.3 is 14.8 Å². The fourth-order valence-corrected chi connectivity index (χ4v) is 3.78. The minimum atomic E-state index is -2.80. The van der Waals surface area contributed by atoms with Crippen LogP contribution in [0.4, 0.5) is 22.0 Å². The summed E-state index contributed by atoms with van der Waals surface area (Å²) in [4.78, 5) is 20.6. The molecule has 0 aliphatic heterocycles. The first-order valence-corrected chi connectivity index (χ1v) is 9.88. The maximum Gasteiger partial charge on any atom is 0.272 e. The molecule has 1 N–H and O–H groups in total. The van der Waals surface area contributed by atoms with E-state index >= 15 is 0 Å². The van der Waals surface area contributed by atoms with E-state index in [9.17, 15) is 26.7 Å². The molecule has 33 heavy (non-hydrogen) atoms. The lowest BCUT2D eigenvalue weighted by Gasteiger charge is -2.45. The summed E-state index contributed by atoms with van der Waals surface area (Å²) >= 11 is 0. The van der Waals surface area contributed by atoms with Crippen LogP contribution in [0.3, 0.4) is 0 Å². The highest BCUT2D eigenvalue weighted by Gasteiger charge is 2.54. The number of alkyl halides is 4. The van der Waals surface area contributed by atoms with Crippen LogP contribution in [0.1, 0.15) is 35.9 Å². The molecule has 3 heterocycles. The third kappa shape index (κ3) is 4.83. The van der Waals surface area contributed by atoms with E-state index in [0.717, 1.165) is 12.3 Å². The Morgan fingerprint density at radius 3 is 2.70 bits per heavy atom. The Morgan fingerprint density at radius 2 is 2.03 bits per heavy atom. The van der Waals surface area contributed by atoms with Crippen molar-refractivity contribution < 1.29 is 36.2 Å². The minimum Gasteiger partial charge on any atom is -0.482 e.